The van der Waals surface area contributed by atoms with E-state index in [1.54, 1.807) is 12.1 Å². The van der Waals surface area contributed by atoms with Gasteiger partial charge in [-0.1, -0.05) is 29.3 Å². The third-order valence-electron chi connectivity index (χ3n) is 3.45. The summed E-state index contributed by atoms with van der Waals surface area (Å²) in [5.74, 6) is -2.42. The molecule has 3 nitrogen and oxygen atoms in total. The van der Waals surface area contributed by atoms with Gasteiger partial charge in [0.2, 0.25) is 5.76 Å². The Morgan fingerprint density at radius 1 is 0.962 bits per heavy atom. The number of carbonyl (C=O) groups excluding carboxylic acids is 1. The molecular formula is C18H10Cl2F3NO2. The maximum absolute atomic E-state index is 13.3. The highest BCUT2D eigenvalue weighted by Gasteiger charge is 2.40. The number of halogens is 5. The van der Waals surface area contributed by atoms with Crippen LogP contribution in [0, 0.1) is 0 Å². The molecule has 3 aromatic rings. The number of benzene rings is 2. The summed E-state index contributed by atoms with van der Waals surface area (Å²) in [6.07, 6.45) is -4.83. The number of anilines is 1. The number of hydrogen-bond donors (Lipinski definition) is 1. The number of rotatable bonds is 3. The van der Waals surface area contributed by atoms with E-state index < -0.39 is 23.4 Å². The quantitative estimate of drug-likeness (QED) is 0.544. The van der Waals surface area contributed by atoms with E-state index in [2.05, 4.69) is 5.32 Å². The van der Waals surface area contributed by atoms with Gasteiger partial charge in [-0.15, -0.1) is 0 Å². The van der Waals surface area contributed by atoms with Crippen LogP contribution in [-0.2, 0) is 6.18 Å². The third kappa shape index (κ3) is 4.03. The van der Waals surface area contributed by atoms with Crippen LogP contribution < -0.4 is 5.32 Å². The largest absolute Gasteiger partial charge is 0.451 e. The van der Waals surface area contributed by atoms with E-state index in [4.69, 9.17) is 27.6 Å². The molecule has 0 bridgehead atoms. The molecule has 134 valence electrons. The van der Waals surface area contributed by atoms with Crippen LogP contribution in [0.1, 0.15) is 16.1 Å². The highest BCUT2D eigenvalue weighted by atomic mass is 35.5. The third-order valence-corrected chi connectivity index (χ3v) is 3.93. The molecule has 1 heterocycles. The molecule has 0 spiro atoms. The SMILES string of the molecule is O=C(Nc1cccc(Cl)c1)c1cc(-c2ccc(Cl)cc2)oc1C(F)(F)F. The van der Waals surface area contributed by atoms with E-state index >= 15 is 0 Å². The van der Waals surface area contributed by atoms with Gasteiger partial charge < -0.3 is 9.73 Å². The number of alkyl halides is 3. The lowest BCUT2D eigenvalue weighted by molar-refractivity contribution is -0.153. The molecular weight excluding hydrogens is 390 g/mol. The maximum atomic E-state index is 13.3. The molecule has 1 amide bonds. The molecule has 0 saturated carbocycles. The molecule has 0 aliphatic rings. The standard InChI is InChI=1S/C18H10Cl2F3NO2/c19-11-6-4-10(5-7-11)15-9-14(16(26-15)18(21,22)23)17(25)24-13-3-1-2-12(20)8-13/h1-9H,(H,24,25). The summed E-state index contributed by atoms with van der Waals surface area (Å²) in [5, 5.41) is 3.15. The number of carbonyl (C=O) groups is 1. The van der Waals surface area contributed by atoms with Gasteiger partial charge in [0.1, 0.15) is 5.76 Å². The van der Waals surface area contributed by atoms with Gasteiger partial charge in [-0.3, -0.25) is 4.79 Å². The first-order chi connectivity index (χ1) is 12.2. The molecule has 0 unspecified atom stereocenters. The molecule has 1 N–H and O–H groups in total. The zero-order valence-electron chi connectivity index (χ0n) is 12.9. The Morgan fingerprint density at radius 3 is 2.27 bits per heavy atom. The molecule has 2 aromatic carbocycles. The summed E-state index contributed by atoms with van der Waals surface area (Å²) in [5.41, 5.74) is 0.00833. The van der Waals surface area contributed by atoms with Crippen LogP contribution in [0.4, 0.5) is 18.9 Å². The minimum absolute atomic E-state index is 0.0924. The van der Waals surface area contributed by atoms with Crippen LogP contribution in [-0.4, -0.2) is 5.91 Å². The highest BCUT2D eigenvalue weighted by Crippen LogP contribution is 2.37. The summed E-state index contributed by atoms with van der Waals surface area (Å²) < 4.78 is 44.8. The monoisotopic (exact) mass is 399 g/mol. The van der Waals surface area contributed by atoms with Gasteiger partial charge in [0.15, 0.2) is 0 Å². The summed E-state index contributed by atoms with van der Waals surface area (Å²) in [7, 11) is 0. The second-order valence-electron chi connectivity index (χ2n) is 5.32. The lowest BCUT2D eigenvalue weighted by atomic mass is 10.1. The fourth-order valence-corrected chi connectivity index (χ4v) is 2.61. The number of furan rings is 1. The Hall–Kier alpha value is -2.44. The van der Waals surface area contributed by atoms with Crippen LogP contribution in [0.2, 0.25) is 10.0 Å². The predicted molar refractivity (Wildman–Crippen MR) is 93.6 cm³/mol. The van der Waals surface area contributed by atoms with Crippen molar-refractivity contribution in [3.8, 4) is 11.3 Å². The van der Waals surface area contributed by atoms with Crippen LogP contribution in [0.25, 0.3) is 11.3 Å². The Bertz CT molecular complexity index is 950. The Morgan fingerprint density at radius 2 is 1.65 bits per heavy atom. The van der Waals surface area contributed by atoms with Crippen LogP contribution in [0.5, 0.6) is 0 Å². The second-order valence-corrected chi connectivity index (χ2v) is 6.20. The summed E-state index contributed by atoms with van der Waals surface area (Å²) in [6.45, 7) is 0. The molecule has 0 aliphatic carbocycles. The van der Waals surface area contributed by atoms with E-state index in [-0.39, 0.29) is 11.4 Å². The van der Waals surface area contributed by atoms with Crippen LogP contribution in [0.3, 0.4) is 0 Å². The van der Waals surface area contributed by atoms with Crippen molar-refractivity contribution in [2.75, 3.05) is 5.32 Å². The number of amides is 1. The number of hydrogen-bond acceptors (Lipinski definition) is 2. The summed E-state index contributed by atoms with van der Waals surface area (Å²) in [4.78, 5) is 12.4. The smallest absolute Gasteiger partial charge is 0.450 e. The topological polar surface area (TPSA) is 42.2 Å². The minimum atomic E-state index is -4.83. The zero-order valence-corrected chi connectivity index (χ0v) is 14.4. The van der Waals surface area contributed by atoms with Gasteiger partial charge in [0.05, 0.1) is 5.56 Å². The Labute approximate surface area is 156 Å². The fourth-order valence-electron chi connectivity index (χ4n) is 2.29. The average molecular weight is 400 g/mol. The van der Waals surface area contributed by atoms with E-state index in [0.29, 0.717) is 15.6 Å². The van der Waals surface area contributed by atoms with Crippen molar-refractivity contribution in [3.63, 3.8) is 0 Å². The van der Waals surface area contributed by atoms with E-state index in [1.807, 2.05) is 0 Å². The Kier molecular flexibility index (Phi) is 4.98. The van der Waals surface area contributed by atoms with E-state index in [0.717, 1.165) is 6.07 Å². The maximum Gasteiger partial charge on any atom is 0.450 e. The van der Waals surface area contributed by atoms with E-state index in [1.165, 1.54) is 36.4 Å². The average Bonchev–Trinajstić information content (AvgIpc) is 3.01. The van der Waals surface area contributed by atoms with Crippen molar-refractivity contribution < 1.29 is 22.4 Å². The lowest BCUT2D eigenvalue weighted by Crippen LogP contribution is -2.16. The lowest BCUT2D eigenvalue weighted by Gasteiger charge is -2.07. The van der Waals surface area contributed by atoms with Crippen molar-refractivity contribution in [3.05, 3.63) is 76.0 Å². The molecule has 0 aliphatic heterocycles. The normalized spacial score (nSPS) is 11.4. The molecule has 0 atom stereocenters. The van der Waals surface area contributed by atoms with Gasteiger partial charge in [0, 0.05) is 21.3 Å². The van der Waals surface area contributed by atoms with Crippen molar-refractivity contribution in [1.82, 2.24) is 0 Å². The van der Waals surface area contributed by atoms with Crippen molar-refractivity contribution in [2.24, 2.45) is 0 Å². The number of nitrogens with one attached hydrogen (secondary N) is 1. The molecule has 1 aromatic heterocycles. The van der Waals surface area contributed by atoms with Gasteiger partial charge in [-0.25, -0.2) is 0 Å². The minimum Gasteiger partial charge on any atom is -0.451 e. The van der Waals surface area contributed by atoms with Crippen molar-refractivity contribution in [1.29, 1.82) is 0 Å². The molecule has 3 rings (SSSR count). The zero-order chi connectivity index (χ0) is 18.9. The fraction of sp³-hybridized carbons (Fsp3) is 0.0556. The highest BCUT2D eigenvalue weighted by molar-refractivity contribution is 6.31. The van der Waals surface area contributed by atoms with Gasteiger partial charge >= 0.3 is 6.18 Å². The van der Waals surface area contributed by atoms with Crippen LogP contribution >= 0.6 is 23.2 Å². The first-order valence-corrected chi connectivity index (χ1v) is 8.03. The van der Waals surface area contributed by atoms with Crippen molar-refractivity contribution in [2.45, 2.75) is 6.18 Å². The van der Waals surface area contributed by atoms with Gasteiger partial charge in [0.25, 0.3) is 5.91 Å². The van der Waals surface area contributed by atoms with Crippen LogP contribution in [0.15, 0.2) is 59.0 Å². The first kappa shape index (κ1) is 18.4. The molecule has 0 saturated heterocycles. The Balaban J connectivity index is 1.99. The predicted octanol–water partition coefficient (Wildman–Crippen LogP) is 6.52. The second kappa shape index (κ2) is 7.05. The van der Waals surface area contributed by atoms with Gasteiger partial charge in [-0.05, 0) is 48.5 Å². The summed E-state index contributed by atoms with van der Waals surface area (Å²) in [6, 6.07) is 13.2. The molecule has 0 radical (unpaired) electrons. The molecule has 26 heavy (non-hydrogen) atoms. The molecule has 0 fully saturated rings. The van der Waals surface area contributed by atoms with Gasteiger partial charge in [-0.2, -0.15) is 13.2 Å². The van der Waals surface area contributed by atoms with E-state index in [9.17, 15) is 18.0 Å². The first-order valence-electron chi connectivity index (χ1n) is 7.28. The van der Waals surface area contributed by atoms with Crippen molar-refractivity contribution >= 4 is 34.8 Å². The summed E-state index contributed by atoms with van der Waals surface area (Å²) >= 11 is 11.6. The molecule has 8 heteroatoms.